The van der Waals surface area contributed by atoms with Crippen LogP contribution in [0.2, 0.25) is 0 Å². The van der Waals surface area contributed by atoms with Crippen molar-refractivity contribution in [2.45, 2.75) is 13.1 Å². The van der Waals surface area contributed by atoms with Gasteiger partial charge in [0.05, 0.1) is 32.7 Å². The van der Waals surface area contributed by atoms with E-state index in [-0.39, 0.29) is 23.2 Å². The van der Waals surface area contributed by atoms with Crippen molar-refractivity contribution in [2.24, 2.45) is 0 Å². The summed E-state index contributed by atoms with van der Waals surface area (Å²) in [5.74, 6) is -2.65. The molecular weight excluding hydrogens is 501 g/mol. The van der Waals surface area contributed by atoms with Gasteiger partial charge in [-0.1, -0.05) is 0 Å². The summed E-state index contributed by atoms with van der Waals surface area (Å²) in [7, 11) is 4.20. The molecule has 0 spiro atoms. The van der Waals surface area contributed by atoms with Crippen LogP contribution >= 0.6 is 0 Å². The first-order valence-electron chi connectivity index (χ1n) is 10.3. The fourth-order valence-electron chi connectivity index (χ4n) is 3.52. The van der Waals surface area contributed by atoms with Crippen LogP contribution < -0.4 is 35.6 Å². The fourth-order valence-corrected chi connectivity index (χ4v) is 3.52. The third kappa shape index (κ3) is 4.70. The summed E-state index contributed by atoms with van der Waals surface area (Å²) in [4.78, 5) is 39.7. The number of aromatic amines is 1. The molecule has 0 bridgehead atoms. The van der Waals surface area contributed by atoms with E-state index >= 15 is 0 Å². The zero-order chi connectivity index (χ0) is 27.1. The predicted octanol–water partition coefficient (Wildman–Crippen LogP) is 2.99. The lowest BCUT2D eigenvalue weighted by atomic mass is 10.1. The quantitative estimate of drug-likeness (QED) is 0.194. The Labute approximate surface area is 205 Å². The van der Waals surface area contributed by atoms with Crippen molar-refractivity contribution in [2.75, 3.05) is 32.4 Å². The number of nitrogens with zero attached hydrogens (tertiary/aromatic N) is 3. The number of fused-ring (bicyclic) bond motifs is 2. The SMILES string of the molecule is COc1cc(OC)c2nc(Nc3nc4c(OC)cc(N)c(OC(=O)C(F)(F)F)c4c(=O)[nH]3)nc(C)c2c1. The Balaban J connectivity index is 1.84. The van der Waals surface area contributed by atoms with Crippen LogP contribution in [-0.2, 0) is 4.79 Å². The van der Waals surface area contributed by atoms with Gasteiger partial charge in [0.25, 0.3) is 5.56 Å². The highest BCUT2D eigenvalue weighted by molar-refractivity contribution is 5.97. The van der Waals surface area contributed by atoms with E-state index in [2.05, 4.69) is 30.0 Å². The van der Waals surface area contributed by atoms with E-state index in [1.807, 2.05) is 0 Å². The Hall–Kier alpha value is -4.82. The average Bonchev–Trinajstić information content (AvgIpc) is 2.84. The van der Waals surface area contributed by atoms with Gasteiger partial charge in [-0.15, -0.1) is 0 Å². The summed E-state index contributed by atoms with van der Waals surface area (Å²) < 4.78 is 58.6. The van der Waals surface area contributed by atoms with Crippen LogP contribution in [-0.4, -0.2) is 53.4 Å². The van der Waals surface area contributed by atoms with Crippen molar-refractivity contribution < 1.29 is 36.9 Å². The van der Waals surface area contributed by atoms with Crippen molar-refractivity contribution in [3.05, 3.63) is 34.2 Å². The molecule has 4 rings (SSSR count). The third-order valence-corrected chi connectivity index (χ3v) is 5.19. The molecule has 0 radical (unpaired) electrons. The van der Waals surface area contributed by atoms with Gasteiger partial charge in [0, 0.05) is 17.5 Å². The second kappa shape index (κ2) is 9.33. The van der Waals surface area contributed by atoms with Crippen molar-refractivity contribution in [1.29, 1.82) is 0 Å². The van der Waals surface area contributed by atoms with E-state index in [9.17, 15) is 22.8 Å². The van der Waals surface area contributed by atoms with Crippen molar-refractivity contribution in [1.82, 2.24) is 19.9 Å². The van der Waals surface area contributed by atoms with Crippen LogP contribution in [0, 0.1) is 6.92 Å². The molecular formula is C22H19F3N6O6. The van der Waals surface area contributed by atoms with E-state index in [0.717, 1.165) is 6.07 Å². The van der Waals surface area contributed by atoms with Crippen molar-refractivity contribution in [3.63, 3.8) is 0 Å². The molecule has 0 unspecified atom stereocenters. The van der Waals surface area contributed by atoms with Crippen LogP contribution in [0.25, 0.3) is 21.8 Å². The number of aromatic nitrogens is 4. The first-order chi connectivity index (χ1) is 17.5. The summed E-state index contributed by atoms with van der Waals surface area (Å²) in [6, 6.07) is 4.44. The molecule has 0 atom stereocenters. The summed E-state index contributed by atoms with van der Waals surface area (Å²) in [5.41, 5.74) is 5.08. The number of alkyl halides is 3. The minimum Gasteiger partial charge on any atom is -0.497 e. The number of carbonyl (C=O) groups is 1. The molecule has 2 aromatic heterocycles. The Morgan fingerprint density at radius 2 is 1.68 bits per heavy atom. The predicted molar refractivity (Wildman–Crippen MR) is 126 cm³/mol. The summed E-state index contributed by atoms with van der Waals surface area (Å²) in [6.07, 6.45) is -5.32. The zero-order valence-electron chi connectivity index (χ0n) is 19.7. The fraction of sp³-hybridized carbons (Fsp3) is 0.227. The van der Waals surface area contributed by atoms with Crippen molar-refractivity contribution in [3.8, 4) is 23.0 Å². The topological polar surface area (TPSA) is 164 Å². The standard InChI is InChI=1S/C22H19F3N6O6/c1-8-10-5-9(34-2)6-12(35-3)15(10)28-20(27-8)31-21-29-16-13(36-4)7-11(26)17(14(16)18(32)30-21)37-19(33)22(23,24)25/h5-7H,26H2,1-4H3,(H2,27,28,29,30,31,32). The van der Waals surface area contributed by atoms with E-state index in [4.69, 9.17) is 19.9 Å². The van der Waals surface area contributed by atoms with Gasteiger partial charge >= 0.3 is 12.1 Å². The molecule has 0 aliphatic carbocycles. The van der Waals surface area contributed by atoms with Crippen LogP contribution in [0.5, 0.6) is 23.0 Å². The number of nitrogen functional groups attached to an aromatic ring is 1. The van der Waals surface area contributed by atoms with Gasteiger partial charge in [-0.2, -0.15) is 13.2 Å². The number of halogens is 3. The molecule has 4 N–H and O–H groups in total. The van der Waals surface area contributed by atoms with Crippen LogP contribution in [0.3, 0.4) is 0 Å². The third-order valence-electron chi connectivity index (χ3n) is 5.19. The molecule has 37 heavy (non-hydrogen) atoms. The highest BCUT2D eigenvalue weighted by atomic mass is 19.4. The first kappa shape index (κ1) is 25.3. The zero-order valence-corrected chi connectivity index (χ0v) is 19.7. The Morgan fingerprint density at radius 3 is 2.30 bits per heavy atom. The lowest BCUT2D eigenvalue weighted by Gasteiger charge is -2.15. The van der Waals surface area contributed by atoms with Gasteiger partial charge in [0.2, 0.25) is 11.9 Å². The number of hydrogen-bond donors (Lipinski definition) is 3. The number of carbonyl (C=O) groups excluding carboxylic acids is 1. The highest BCUT2D eigenvalue weighted by Gasteiger charge is 2.42. The van der Waals surface area contributed by atoms with Crippen LogP contribution in [0.15, 0.2) is 23.0 Å². The van der Waals surface area contributed by atoms with Crippen molar-refractivity contribution >= 4 is 45.4 Å². The number of hydrogen-bond acceptors (Lipinski definition) is 11. The number of benzene rings is 2. The Bertz CT molecular complexity index is 1600. The molecule has 4 aromatic rings. The molecule has 0 saturated heterocycles. The van der Waals surface area contributed by atoms with Gasteiger partial charge in [0.1, 0.15) is 33.7 Å². The maximum atomic E-state index is 12.9. The molecule has 0 saturated carbocycles. The van der Waals surface area contributed by atoms with Crippen LogP contribution in [0.1, 0.15) is 5.69 Å². The van der Waals surface area contributed by atoms with Gasteiger partial charge in [0.15, 0.2) is 5.75 Å². The maximum Gasteiger partial charge on any atom is 0.491 e. The number of rotatable bonds is 6. The number of ether oxygens (including phenoxy) is 4. The average molecular weight is 520 g/mol. The monoisotopic (exact) mass is 520 g/mol. The van der Waals surface area contributed by atoms with E-state index in [1.54, 1.807) is 19.1 Å². The molecule has 0 aliphatic rings. The molecule has 2 heterocycles. The lowest BCUT2D eigenvalue weighted by Crippen LogP contribution is -2.29. The second-order valence-electron chi connectivity index (χ2n) is 7.51. The number of nitrogens with two attached hydrogens (primary N) is 1. The molecule has 0 fully saturated rings. The number of nitrogens with one attached hydrogen (secondary N) is 2. The molecule has 12 nitrogen and oxygen atoms in total. The molecule has 0 aliphatic heterocycles. The molecule has 194 valence electrons. The normalized spacial score (nSPS) is 11.4. The minimum absolute atomic E-state index is 0.0223. The smallest absolute Gasteiger partial charge is 0.491 e. The summed E-state index contributed by atoms with van der Waals surface area (Å²) in [6.45, 7) is 1.72. The number of anilines is 3. The van der Waals surface area contributed by atoms with E-state index < -0.39 is 34.5 Å². The highest BCUT2D eigenvalue weighted by Crippen LogP contribution is 2.37. The van der Waals surface area contributed by atoms with Crippen LogP contribution in [0.4, 0.5) is 30.8 Å². The Kier molecular flexibility index (Phi) is 6.37. The van der Waals surface area contributed by atoms with Gasteiger partial charge in [-0.3, -0.25) is 15.1 Å². The van der Waals surface area contributed by atoms with Gasteiger partial charge < -0.3 is 24.7 Å². The number of aryl methyl sites for hydroxylation is 1. The second-order valence-corrected chi connectivity index (χ2v) is 7.51. The minimum atomic E-state index is -5.32. The number of esters is 1. The summed E-state index contributed by atoms with van der Waals surface area (Å²) >= 11 is 0. The van der Waals surface area contributed by atoms with E-state index in [1.165, 1.54) is 21.3 Å². The summed E-state index contributed by atoms with van der Waals surface area (Å²) in [5, 5.41) is 2.87. The Morgan fingerprint density at radius 1 is 1.00 bits per heavy atom. The lowest BCUT2D eigenvalue weighted by molar-refractivity contribution is -0.189. The van der Waals surface area contributed by atoms with Gasteiger partial charge in [-0.25, -0.2) is 19.7 Å². The molecule has 15 heteroatoms. The maximum absolute atomic E-state index is 12.9. The largest absolute Gasteiger partial charge is 0.497 e. The van der Waals surface area contributed by atoms with Gasteiger partial charge in [-0.05, 0) is 13.0 Å². The molecule has 2 aromatic carbocycles. The first-order valence-corrected chi connectivity index (χ1v) is 10.3. The number of H-pyrrole nitrogens is 1. The molecule has 0 amide bonds. The number of methoxy groups -OCH3 is 3. The van der Waals surface area contributed by atoms with E-state index in [0.29, 0.717) is 28.1 Å².